The summed E-state index contributed by atoms with van der Waals surface area (Å²) < 4.78 is 0. The monoisotopic (exact) mass is 344 g/mol. The summed E-state index contributed by atoms with van der Waals surface area (Å²) in [4.78, 5) is 32.8. The quantitative estimate of drug-likeness (QED) is 0.846. The zero-order valence-electron chi connectivity index (χ0n) is 15.5. The van der Waals surface area contributed by atoms with E-state index in [-0.39, 0.29) is 17.1 Å². The third kappa shape index (κ3) is 3.83. The zero-order valence-corrected chi connectivity index (χ0v) is 15.5. The minimum Gasteiger partial charge on any atom is -0.342 e. The van der Waals surface area contributed by atoms with Gasteiger partial charge >= 0.3 is 6.15 Å². The third-order valence-electron chi connectivity index (χ3n) is 6.09. The highest BCUT2D eigenvalue weighted by atomic mass is 16.2. The summed E-state index contributed by atoms with van der Waals surface area (Å²) in [6, 6.07) is 10.9. The maximum absolute atomic E-state index is 12.2. The lowest BCUT2D eigenvalue weighted by atomic mass is 9.64. The number of rotatable bonds is 3. The lowest BCUT2D eigenvalue weighted by Gasteiger charge is -2.48. The Hall–Kier alpha value is -1.97. The SMILES string of the molecule is CCN1CC2(CCC(c3ccccc3)(N(C)C)CC2)CC1=O.O=C=O. The summed E-state index contributed by atoms with van der Waals surface area (Å²) in [5.74, 6) is 0.361. The number of carbonyl (C=O) groups is 1. The largest absolute Gasteiger partial charge is 0.373 e. The summed E-state index contributed by atoms with van der Waals surface area (Å²) in [5, 5.41) is 0. The van der Waals surface area contributed by atoms with E-state index < -0.39 is 0 Å². The Morgan fingerprint density at radius 1 is 1.08 bits per heavy atom. The van der Waals surface area contributed by atoms with Crippen molar-refractivity contribution in [2.45, 2.75) is 44.6 Å². The second kappa shape index (κ2) is 7.94. The van der Waals surface area contributed by atoms with E-state index >= 15 is 0 Å². The van der Waals surface area contributed by atoms with Gasteiger partial charge in [-0.15, -0.1) is 0 Å². The van der Waals surface area contributed by atoms with Crippen LogP contribution in [0.2, 0.25) is 0 Å². The molecule has 1 aromatic rings. The molecule has 0 radical (unpaired) electrons. The van der Waals surface area contributed by atoms with Gasteiger partial charge in [-0.25, -0.2) is 0 Å². The van der Waals surface area contributed by atoms with Crippen molar-refractivity contribution in [1.82, 2.24) is 9.80 Å². The molecule has 2 fully saturated rings. The molecule has 0 atom stereocenters. The molecule has 3 rings (SSSR count). The van der Waals surface area contributed by atoms with Gasteiger partial charge in [0.15, 0.2) is 0 Å². The number of carbonyl (C=O) groups excluding carboxylic acids is 3. The number of amides is 1. The highest BCUT2D eigenvalue weighted by molar-refractivity contribution is 5.79. The molecule has 2 aliphatic rings. The molecule has 5 nitrogen and oxygen atoms in total. The Labute approximate surface area is 150 Å². The predicted molar refractivity (Wildman–Crippen MR) is 94.6 cm³/mol. The van der Waals surface area contributed by atoms with Crippen molar-refractivity contribution < 1.29 is 14.4 Å². The van der Waals surface area contributed by atoms with E-state index in [0.717, 1.165) is 45.2 Å². The van der Waals surface area contributed by atoms with E-state index in [1.165, 1.54) is 5.56 Å². The first kappa shape index (κ1) is 19.4. The number of benzene rings is 1. The summed E-state index contributed by atoms with van der Waals surface area (Å²) in [5.41, 5.74) is 1.79. The fourth-order valence-electron chi connectivity index (χ4n) is 4.54. The van der Waals surface area contributed by atoms with Gasteiger partial charge in [-0.05, 0) is 57.7 Å². The maximum atomic E-state index is 12.2. The average Bonchev–Trinajstić information content (AvgIpc) is 2.92. The highest BCUT2D eigenvalue weighted by Gasteiger charge is 2.49. The standard InChI is InChI=1S/C19H28N2O.CO2/c1-4-21-15-18(14-17(21)22)10-12-19(13-11-18,20(2)3)16-8-6-5-7-9-16;2-1-3/h5-9H,4,10-15H2,1-3H3;. The molecule has 25 heavy (non-hydrogen) atoms. The number of hydrogen-bond acceptors (Lipinski definition) is 4. The molecular weight excluding hydrogens is 316 g/mol. The van der Waals surface area contributed by atoms with Crippen LogP contribution in [-0.4, -0.2) is 49.0 Å². The molecule has 0 N–H and O–H groups in total. The van der Waals surface area contributed by atoms with E-state index in [4.69, 9.17) is 9.59 Å². The van der Waals surface area contributed by atoms with E-state index in [9.17, 15) is 4.79 Å². The molecule has 1 spiro atoms. The molecule has 136 valence electrons. The van der Waals surface area contributed by atoms with Crippen LogP contribution >= 0.6 is 0 Å². The minimum atomic E-state index is 0.134. The Morgan fingerprint density at radius 3 is 2.08 bits per heavy atom. The van der Waals surface area contributed by atoms with E-state index in [1.54, 1.807) is 0 Å². The van der Waals surface area contributed by atoms with Gasteiger partial charge in [0.25, 0.3) is 0 Å². The van der Waals surface area contributed by atoms with Crippen LogP contribution in [0.1, 0.15) is 44.6 Å². The van der Waals surface area contributed by atoms with Crippen molar-refractivity contribution in [1.29, 1.82) is 0 Å². The number of likely N-dealkylation sites (tertiary alicyclic amines) is 1. The molecule has 1 saturated carbocycles. The van der Waals surface area contributed by atoms with Gasteiger partial charge in [-0.3, -0.25) is 9.69 Å². The van der Waals surface area contributed by atoms with Gasteiger partial charge in [0, 0.05) is 25.0 Å². The molecule has 0 bridgehead atoms. The second-order valence-corrected chi connectivity index (χ2v) is 7.46. The molecule has 1 heterocycles. The molecule has 1 aliphatic carbocycles. The normalized spacial score (nSPS) is 28.6. The molecule has 1 aliphatic heterocycles. The molecular formula is C20H28N2O3. The fourth-order valence-corrected chi connectivity index (χ4v) is 4.54. The predicted octanol–water partition coefficient (Wildman–Crippen LogP) is 2.67. The van der Waals surface area contributed by atoms with Crippen LogP contribution in [0.5, 0.6) is 0 Å². The Balaban J connectivity index is 0.000000701. The van der Waals surface area contributed by atoms with Crippen molar-refractivity contribution in [2.24, 2.45) is 5.41 Å². The van der Waals surface area contributed by atoms with Crippen LogP contribution in [0.3, 0.4) is 0 Å². The van der Waals surface area contributed by atoms with E-state index in [2.05, 4.69) is 56.3 Å². The lowest BCUT2D eigenvalue weighted by molar-refractivity contribution is -0.191. The van der Waals surface area contributed by atoms with Gasteiger partial charge in [-0.1, -0.05) is 30.3 Å². The minimum absolute atomic E-state index is 0.134. The van der Waals surface area contributed by atoms with Gasteiger partial charge in [0.05, 0.1) is 0 Å². The third-order valence-corrected chi connectivity index (χ3v) is 6.09. The fraction of sp³-hybridized carbons (Fsp3) is 0.600. The zero-order chi connectivity index (χ0) is 18.5. The van der Waals surface area contributed by atoms with Crippen molar-refractivity contribution in [2.75, 3.05) is 27.2 Å². The molecule has 1 saturated heterocycles. The van der Waals surface area contributed by atoms with Crippen molar-refractivity contribution in [3.05, 3.63) is 35.9 Å². The van der Waals surface area contributed by atoms with Gasteiger partial charge < -0.3 is 4.90 Å². The lowest BCUT2D eigenvalue weighted by Crippen LogP contribution is -2.47. The van der Waals surface area contributed by atoms with Crippen LogP contribution in [0.15, 0.2) is 30.3 Å². The van der Waals surface area contributed by atoms with Crippen LogP contribution in [0.4, 0.5) is 0 Å². The van der Waals surface area contributed by atoms with Crippen molar-refractivity contribution in [3.8, 4) is 0 Å². The summed E-state index contributed by atoms with van der Waals surface area (Å²) in [7, 11) is 4.40. The first-order chi connectivity index (χ1) is 11.9. The van der Waals surface area contributed by atoms with Gasteiger partial charge in [0.2, 0.25) is 5.91 Å². The molecule has 5 heteroatoms. The number of nitrogens with zero attached hydrogens (tertiary/aromatic N) is 2. The molecule has 0 aromatic heterocycles. The molecule has 1 aromatic carbocycles. The van der Waals surface area contributed by atoms with E-state index in [0.29, 0.717) is 5.91 Å². The van der Waals surface area contributed by atoms with Crippen LogP contribution in [-0.2, 0) is 19.9 Å². The van der Waals surface area contributed by atoms with Crippen LogP contribution < -0.4 is 0 Å². The highest BCUT2D eigenvalue weighted by Crippen LogP contribution is 2.51. The Kier molecular flexibility index (Phi) is 6.15. The van der Waals surface area contributed by atoms with Crippen molar-refractivity contribution in [3.63, 3.8) is 0 Å². The van der Waals surface area contributed by atoms with Crippen molar-refractivity contribution >= 4 is 12.1 Å². The first-order valence-electron chi connectivity index (χ1n) is 8.93. The van der Waals surface area contributed by atoms with Gasteiger partial charge in [-0.2, -0.15) is 9.59 Å². The van der Waals surface area contributed by atoms with Gasteiger partial charge in [0.1, 0.15) is 0 Å². The Bertz CT molecular complexity index is 613. The Morgan fingerprint density at radius 2 is 1.64 bits per heavy atom. The summed E-state index contributed by atoms with van der Waals surface area (Å²) in [6.07, 6.45) is 5.62. The first-order valence-corrected chi connectivity index (χ1v) is 8.93. The molecule has 0 unspecified atom stereocenters. The topological polar surface area (TPSA) is 57.7 Å². The number of hydrogen-bond donors (Lipinski definition) is 0. The summed E-state index contributed by atoms with van der Waals surface area (Å²) >= 11 is 0. The van der Waals surface area contributed by atoms with Crippen LogP contribution in [0, 0.1) is 5.41 Å². The van der Waals surface area contributed by atoms with Crippen LogP contribution in [0.25, 0.3) is 0 Å². The summed E-state index contributed by atoms with van der Waals surface area (Å²) in [6.45, 7) is 3.92. The molecule has 1 amide bonds. The average molecular weight is 344 g/mol. The van der Waals surface area contributed by atoms with E-state index in [1.807, 2.05) is 4.90 Å². The second-order valence-electron chi connectivity index (χ2n) is 7.46. The maximum Gasteiger partial charge on any atom is 0.373 e. The smallest absolute Gasteiger partial charge is 0.342 e.